The highest BCUT2D eigenvalue weighted by Gasteiger charge is 2.30. The van der Waals surface area contributed by atoms with Crippen LogP contribution in [-0.4, -0.2) is 14.9 Å². The number of aromatic nitrogens is 2. The lowest BCUT2D eigenvalue weighted by Gasteiger charge is -2.11. The summed E-state index contributed by atoms with van der Waals surface area (Å²) in [5.74, 6) is 0. The van der Waals surface area contributed by atoms with E-state index in [-0.39, 0.29) is 6.42 Å². The Kier molecular flexibility index (Phi) is 3.61. The van der Waals surface area contributed by atoms with Crippen LogP contribution in [0.2, 0.25) is 0 Å². The van der Waals surface area contributed by atoms with Gasteiger partial charge in [0, 0.05) is 19.7 Å². The third-order valence-corrected chi connectivity index (χ3v) is 2.79. The Hall–Kier alpha value is -1.82. The molecule has 0 aliphatic rings. The lowest BCUT2D eigenvalue weighted by molar-refractivity contribution is -0.137. The minimum atomic E-state index is -4.36. The van der Waals surface area contributed by atoms with Crippen molar-refractivity contribution in [3.8, 4) is 0 Å². The lowest BCUT2D eigenvalue weighted by atomic mass is 10.0. The molecule has 0 saturated carbocycles. The van der Waals surface area contributed by atoms with Crippen LogP contribution in [-0.2, 0) is 19.6 Å². The monoisotopic (exact) mass is 270 g/mol. The first-order chi connectivity index (χ1) is 8.86. The number of rotatable bonds is 3. The minimum Gasteiger partial charge on any atom is -0.388 e. The van der Waals surface area contributed by atoms with E-state index >= 15 is 0 Å². The molecule has 1 aromatic heterocycles. The molecule has 0 bridgehead atoms. The lowest BCUT2D eigenvalue weighted by Crippen LogP contribution is -2.07. The number of benzene rings is 1. The zero-order valence-electron chi connectivity index (χ0n) is 10.2. The Morgan fingerprint density at radius 2 is 1.84 bits per heavy atom. The summed E-state index contributed by atoms with van der Waals surface area (Å²) in [4.78, 5) is 0. The summed E-state index contributed by atoms with van der Waals surface area (Å²) >= 11 is 0. The van der Waals surface area contributed by atoms with Crippen molar-refractivity contribution in [2.75, 3.05) is 0 Å². The minimum absolute atomic E-state index is 0.270. The molecule has 0 radical (unpaired) electrons. The Balaban J connectivity index is 2.09. The number of nitrogens with zero attached hydrogens (tertiary/aromatic N) is 2. The highest BCUT2D eigenvalue weighted by Crippen LogP contribution is 2.30. The van der Waals surface area contributed by atoms with Gasteiger partial charge in [0.15, 0.2) is 0 Å². The number of aryl methyl sites for hydroxylation is 1. The summed E-state index contributed by atoms with van der Waals surface area (Å²) < 4.78 is 38.8. The van der Waals surface area contributed by atoms with Gasteiger partial charge in [-0.2, -0.15) is 18.3 Å². The molecule has 1 atom stereocenters. The van der Waals surface area contributed by atoms with E-state index < -0.39 is 17.8 Å². The first-order valence-electron chi connectivity index (χ1n) is 5.70. The van der Waals surface area contributed by atoms with Crippen molar-refractivity contribution in [2.45, 2.75) is 18.7 Å². The predicted octanol–water partition coefficient (Wildman–Crippen LogP) is 2.72. The van der Waals surface area contributed by atoms with Gasteiger partial charge in [-0.3, -0.25) is 4.68 Å². The van der Waals surface area contributed by atoms with Gasteiger partial charge in [0.25, 0.3) is 0 Å². The van der Waals surface area contributed by atoms with Crippen molar-refractivity contribution < 1.29 is 18.3 Å². The van der Waals surface area contributed by atoms with E-state index in [2.05, 4.69) is 5.10 Å². The summed E-state index contributed by atoms with van der Waals surface area (Å²) in [6, 6.07) is 6.27. The second-order valence-corrected chi connectivity index (χ2v) is 4.32. The van der Waals surface area contributed by atoms with Gasteiger partial charge in [0.05, 0.1) is 17.4 Å². The second kappa shape index (κ2) is 5.05. The molecule has 2 rings (SSSR count). The maximum atomic E-state index is 12.4. The number of alkyl halides is 3. The molecule has 6 heteroatoms. The largest absolute Gasteiger partial charge is 0.416 e. The van der Waals surface area contributed by atoms with Crippen molar-refractivity contribution in [1.82, 2.24) is 9.78 Å². The number of halogens is 3. The first-order valence-corrected chi connectivity index (χ1v) is 5.70. The summed E-state index contributed by atoms with van der Waals surface area (Å²) in [5.41, 5.74) is 0.412. The van der Waals surface area contributed by atoms with E-state index in [4.69, 9.17) is 0 Å². The van der Waals surface area contributed by atoms with Gasteiger partial charge >= 0.3 is 6.18 Å². The van der Waals surface area contributed by atoms with Gasteiger partial charge in [-0.05, 0) is 23.8 Å². The van der Waals surface area contributed by atoms with Gasteiger partial charge in [0.2, 0.25) is 0 Å². The van der Waals surface area contributed by atoms with Crippen LogP contribution in [0.5, 0.6) is 0 Å². The van der Waals surface area contributed by atoms with E-state index in [1.54, 1.807) is 24.0 Å². The maximum absolute atomic E-state index is 12.4. The SMILES string of the molecule is Cn1ccc(CC(O)c2ccc(C(F)(F)F)cc2)n1. The van der Waals surface area contributed by atoms with Crippen molar-refractivity contribution in [2.24, 2.45) is 7.05 Å². The van der Waals surface area contributed by atoms with Gasteiger partial charge in [0.1, 0.15) is 0 Å². The Morgan fingerprint density at radius 3 is 2.32 bits per heavy atom. The smallest absolute Gasteiger partial charge is 0.388 e. The van der Waals surface area contributed by atoms with E-state index in [1.807, 2.05) is 0 Å². The summed E-state index contributed by atoms with van der Waals surface area (Å²) in [6.07, 6.45) is -3.21. The predicted molar refractivity (Wildman–Crippen MR) is 63.3 cm³/mol. The van der Waals surface area contributed by atoms with E-state index in [9.17, 15) is 18.3 Å². The van der Waals surface area contributed by atoms with Crippen LogP contribution in [0, 0.1) is 0 Å². The molecular formula is C13H13F3N2O. The molecule has 2 aromatic rings. The average Bonchev–Trinajstić information content (AvgIpc) is 2.74. The van der Waals surface area contributed by atoms with Gasteiger partial charge in [-0.15, -0.1) is 0 Å². The van der Waals surface area contributed by atoms with Crippen LogP contribution in [0.1, 0.15) is 22.9 Å². The topological polar surface area (TPSA) is 38.0 Å². The van der Waals surface area contributed by atoms with Crippen molar-refractivity contribution in [3.05, 3.63) is 53.3 Å². The quantitative estimate of drug-likeness (QED) is 0.931. The fraction of sp³-hybridized carbons (Fsp3) is 0.308. The number of hydrogen-bond donors (Lipinski definition) is 1. The summed E-state index contributed by atoms with van der Waals surface area (Å²) in [5, 5.41) is 14.1. The van der Waals surface area contributed by atoms with Crippen LogP contribution in [0.4, 0.5) is 13.2 Å². The van der Waals surface area contributed by atoms with Crippen molar-refractivity contribution in [1.29, 1.82) is 0 Å². The van der Waals surface area contributed by atoms with Gasteiger partial charge < -0.3 is 5.11 Å². The molecule has 0 aliphatic carbocycles. The van der Waals surface area contributed by atoms with Crippen LogP contribution >= 0.6 is 0 Å². The average molecular weight is 270 g/mol. The molecule has 3 nitrogen and oxygen atoms in total. The third kappa shape index (κ3) is 3.35. The maximum Gasteiger partial charge on any atom is 0.416 e. The molecule has 0 saturated heterocycles. The highest BCUT2D eigenvalue weighted by atomic mass is 19.4. The zero-order valence-corrected chi connectivity index (χ0v) is 10.2. The van der Waals surface area contributed by atoms with E-state index in [0.717, 1.165) is 12.1 Å². The van der Waals surface area contributed by atoms with Crippen LogP contribution in [0.3, 0.4) is 0 Å². The molecule has 1 heterocycles. The van der Waals surface area contributed by atoms with Crippen molar-refractivity contribution in [3.63, 3.8) is 0 Å². The van der Waals surface area contributed by atoms with Crippen molar-refractivity contribution >= 4 is 0 Å². The second-order valence-electron chi connectivity index (χ2n) is 4.32. The van der Waals surface area contributed by atoms with Crippen LogP contribution in [0.15, 0.2) is 36.5 Å². The van der Waals surface area contributed by atoms with Gasteiger partial charge in [-0.1, -0.05) is 12.1 Å². The molecular weight excluding hydrogens is 257 g/mol. The molecule has 1 N–H and O–H groups in total. The standard InChI is InChI=1S/C13H13F3N2O/c1-18-7-6-11(17-18)8-12(19)9-2-4-10(5-3-9)13(14,15)16/h2-7,12,19H,8H2,1H3. The van der Waals surface area contributed by atoms with E-state index in [1.165, 1.54) is 12.1 Å². The molecule has 0 aliphatic heterocycles. The normalized spacial score (nSPS) is 13.5. The molecule has 1 aromatic carbocycles. The van der Waals surface area contributed by atoms with Crippen LogP contribution in [0.25, 0.3) is 0 Å². The Labute approximate surface area is 108 Å². The fourth-order valence-electron chi connectivity index (χ4n) is 1.78. The Morgan fingerprint density at radius 1 is 1.21 bits per heavy atom. The van der Waals surface area contributed by atoms with Crippen LogP contribution < -0.4 is 0 Å². The zero-order chi connectivity index (χ0) is 14.0. The molecule has 19 heavy (non-hydrogen) atoms. The third-order valence-electron chi connectivity index (χ3n) is 2.79. The van der Waals surface area contributed by atoms with Gasteiger partial charge in [-0.25, -0.2) is 0 Å². The molecule has 0 fully saturated rings. The molecule has 0 amide bonds. The highest BCUT2D eigenvalue weighted by molar-refractivity contribution is 5.26. The number of aliphatic hydroxyl groups is 1. The fourth-order valence-corrected chi connectivity index (χ4v) is 1.78. The Bertz CT molecular complexity index is 546. The summed E-state index contributed by atoms with van der Waals surface area (Å²) in [7, 11) is 1.76. The van der Waals surface area contributed by atoms with E-state index in [0.29, 0.717) is 11.3 Å². The number of aliphatic hydroxyl groups excluding tert-OH is 1. The summed E-state index contributed by atoms with van der Waals surface area (Å²) in [6.45, 7) is 0. The first kappa shape index (κ1) is 13.6. The molecule has 0 spiro atoms. The molecule has 102 valence electrons. The molecule has 1 unspecified atom stereocenters. The number of hydrogen-bond acceptors (Lipinski definition) is 2.